The number of hydrogen-bond acceptors (Lipinski definition) is 12. The maximum absolute atomic E-state index is 13.2. The minimum Gasteiger partial charge on any atom is -0.384 e. The van der Waals surface area contributed by atoms with Crippen molar-refractivity contribution in [1.29, 1.82) is 0 Å². The fourth-order valence-corrected chi connectivity index (χ4v) is 6.51. The summed E-state index contributed by atoms with van der Waals surface area (Å²) in [5.41, 5.74) is 29.3. The first kappa shape index (κ1) is 25.3. The first-order valence-electron chi connectivity index (χ1n) is 10.3. The number of nitrogens with zero attached hydrogens (tertiary/aromatic N) is 1. The molecule has 0 amide bonds. The number of pyridine rings is 1. The van der Waals surface area contributed by atoms with Crippen LogP contribution in [-0.4, -0.2) is 41.0 Å². The number of nitrogens with one attached hydrogen (secondary N) is 5. The van der Waals surface area contributed by atoms with Gasteiger partial charge in [0.2, 0.25) is 20.0 Å². The van der Waals surface area contributed by atoms with Gasteiger partial charge in [-0.3, -0.25) is 0 Å². The normalized spacial score (nSPS) is 16.1. The van der Waals surface area contributed by atoms with E-state index in [1.165, 1.54) is 12.1 Å². The molecule has 35 heavy (non-hydrogen) atoms. The quantitative estimate of drug-likeness (QED) is 0.153. The summed E-state index contributed by atoms with van der Waals surface area (Å²) in [6.45, 7) is -0.172. The number of nitrogens with two attached hydrogens (primary N) is 4. The lowest BCUT2D eigenvalue weighted by molar-refractivity contribution is 0.532. The molecule has 1 aliphatic heterocycles. The predicted octanol–water partition coefficient (Wildman–Crippen LogP) is -2.19. The van der Waals surface area contributed by atoms with Crippen LogP contribution in [0.4, 0.5) is 5.82 Å². The summed E-state index contributed by atoms with van der Waals surface area (Å²) in [4.78, 5) is 3.28. The van der Waals surface area contributed by atoms with Crippen LogP contribution in [0.25, 0.3) is 22.0 Å². The monoisotopic (exact) mass is 522 g/mol. The largest absolute Gasteiger partial charge is 0.384 e. The molecular weight excluding hydrogens is 496 g/mol. The Morgan fingerprint density at radius 2 is 1.71 bits per heavy atom. The summed E-state index contributed by atoms with van der Waals surface area (Å²) in [5.74, 6) is 0.262. The lowest BCUT2D eigenvalue weighted by Crippen LogP contribution is -2.42. The summed E-state index contributed by atoms with van der Waals surface area (Å²) in [5, 5.41) is 6.34. The Labute approximate surface area is 201 Å². The van der Waals surface area contributed by atoms with Gasteiger partial charge in [-0.05, 0) is 23.8 Å². The number of para-hydroxylation sites is 1. The smallest absolute Gasteiger partial charge is 0.241 e. The topological polar surface area (TPSA) is 245 Å². The molecule has 0 aliphatic carbocycles. The Hall–Kier alpha value is -2.77. The molecule has 0 saturated carbocycles. The van der Waals surface area contributed by atoms with Crippen molar-refractivity contribution >= 4 is 36.8 Å². The van der Waals surface area contributed by atoms with Crippen LogP contribution in [0.1, 0.15) is 11.7 Å². The molecule has 3 aromatic rings. The first-order valence-corrected chi connectivity index (χ1v) is 13.4. The Bertz CT molecular complexity index is 1470. The highest BCUT2D eigenvalue weighted by Crippen LogP contribution is 2.39. The Morgan fingerprint density at radius 1 is 1.00 bits per heavy atom. The van der Waals surface area contributed by atoms with E-state index in [1.807, 2.05) is 6.07 Å². The SMILES string of the molecule is NC[C@@H](N)CNS(=O)(=O)c1ccc(-c2cccc3ccc(N)nc23)c(C2NNNN2)c1S(N)(=O)=O. The number of anilines is 1. The minimum atomic E-state index is -4.58. The molecular formula is C19H26N10O4S2. The number of rotatable bonds is 8. The molecule has 13 N–H and O–H groups in total. The number of sulfonamides is 2. The molecule has 16 heteroatoms. The zero-order chi connectivity index (χ0) is 25.4. The van der Waals surface area contributed by atoms with E-state index >= 15 is 0 Å². The van der Waals surface area contributed by atoms with Crippen molar-refractivity contribution in [3.8, 4) is 11.1 Å². The summed E-state index contributed by atoms with van der Waals surface area (Å²) in [7, 11) is -8.93. The van der Waals surface area contributed by atoms with Crippen molar-refractivity contribution in [2.75, 3.05) is 18.8 Å². The molecule has 0 radical (unpaired) electrons. The van der Waals surface area contributed by atoms with E-state index in [0.29, 0.717) is 16.6 Å². The number of benzene rings is 2. The van der Waals surface area contributed by atoms with Crippen molar-refractivity contribution < 1.29 is 16.8 Å². The van der Waals surface area contributed by atoms with E-state index in [2.05, 4.69) is 31.6 Å². The molecule has 14 nitrogen and oxygen atoms in total. The number of primary sulfonamides is 1. The van der Waals surface area contributed by atoms with Crippen molar-refractivity contribution in [1.82, 2.24) is 31.6 Å². The number of hydrazine groups is 3. The molecule has 2 heterocycles. The van der Waals surface area contributed by atoms with E-state index in [-0.39, 0.29) is 24.5 Å². The molecule has 4 rings (SSSR count). The van der Waals surface area contributed by atoms with Gasteiger partial charge in [-0.2, -0.15) is 11.1 Å². The van der Waals surface area contributed by atoms with Crippen LogP contribution in [0.5, 0.6) is 0 Å². The van der Waals surface area contributed by atoms with Crippen LogP contribution in [0.15, 0.2) is 52.3 Å². The van der Waals surface area contributed by atoms with Crippen LogP contribution in [0.2, 0.25) is 0 Å². The average molecular weight is 523 g/mol. The van der Waals surface area contributed by atoms with Gasteiger partial charge in [0, 0.05) is 35.6 Å². The molecule has 0 unspecified atom stereocenters. The third kappa shape index (κ3) is 5.11. The van der Waals surface area contributed by atoms with Gasteiger partial charge in [0.15, 0.2) is 0 Å². The third-order valence-corrected chi connectivity index (χ3v) is 7.99. The van der Waals surface area contributed by atoms with Gasteiger partial charge in [-0.25, -0.2) is 42.5 Å². The molecule has 1 aromatic heterocycles. The van der Waals surface area contributed by atoms with Crippen molar-refractivity contribution in [3.63, 3.8) is 0 Å². The fraction of sp³-hybridized carbons (Fsp3) is 0.211. The minimum absolute atomic E-state index is 0.0270. The average Bonchev–Trinajstić information content (AvgIpc) is 3.35. The van der Waals surface area contributed by atoms with E-state index in [4.69, 9.17) is 22.3 Å². The Morgan fingerprint density at radius 3 is 2.37 bits per heavy atom. The number of nitrogen functional groups attached to an aromatic ring is 1. The van der Waals surface area contributed by atoms with E-state index in [1.54, 1.807) is 24.3 Å². The first-order chi connectivity index (χ1) is 16.5. The van der Waals surface area contributed by atoms with Crippen LogP contribution in [0.3, 0.4) is 0 Å². The summed E-state index contributed by atoms with van der Waals surface area (Å²) < 4.78 is 54.4. The van der Waals surface area contributed by atoms with Crippen LogP contribution >= 0.6 is 0 Å². The van der Waals surface area contributed by atoms with E-state index < -0.39 is 42.0 Å². The zero-order valence-electron chi connectivity index (χ0n) is 18.3. The standard InChI is InChI=1S/C19H26N10O4S2/c20-8-11(21)9-24-35(32,33)14-6-5-12(13-3-1-2-10-4-7-15(22)25-17(10)13)16(18(14)34(23,30)31)19-26-28-29-27-19/h1-7,11,19,24,26-29H,8-9,20-21H2,(H2,22,25)(H2,23,30,31)/t11-/m1/s1. The highest BCUT2D eigenvalue weighted by Gasteiger charge is 2.34. The second-order valence-corrected chi connectivity index (χ2v) is 11.1. The van der Waals surface area contributed by atoms with Gasteiger partial charge in [0.1, 0.15) is 21.8 Å². The third-order valence-electron chi connectivity index (χ3n) is 5.39. The van der Waals surface area contributed by atoms with Crippen molar-refractivity contribution in [2.45, 2.75) is 22.0 Å². The number of aromatic nitrogens is 1. The highest BCUT2D eigenvalue weighted by atomic mass is 32.2. The lowest BCUT2D eigenvalue weighted by atomic mass is 9.95. The zero-order valence-corrected chi connectivity index (χ0v) is 19.9. The molecule has 1 saturated heterocycles. The van der Waals surface area contributed by atoms with Crippen LogP contribution < -0.4 is 49.0 Å². The van der Waals surface area contributed by atoms with Gasteiger partial charge in [0.25, 0.3) is 0 Å². The van der Waals surface area contributed by atoms with Gasteiger partial charge in [-0.1, -0.05) is 24.3 Å². The van der Waals surface area contributed by atoms with Crippen molar-refractivity contribution in [3.05, 3.63) is 48.0 Å². The molecule has 0 bridgehead atoms. The van der Waals surface area contributed by atoms with Crippen molar-refractivity contribution in [2.24, 2.45) is 16.6 Å². The Balaban J connectivity index is 2.03. The second kappa shape index (κ2) is 9.70. The maximum atomic E-state index is 13.2. The van der Waals surface area contributed by atoms with Crippen LogP contribution in [-0.2, 0) is 20.0 Å². The maximum Gasteiger partial charge on any atom is 0.241 e. The predicted molar refractivity (Wildman–Crippen MR) is 130 cm³/mol. The van der Waals surface area contributed by atoms with Gasteiger partial charge in [0.05, 0.1) is 5.52 Å². The van der Waals surface area contributed by atoms with Gasteiger partial charge in [-0.15, -0.1) is 0 Å². The summed E-state index contributed by atoms with van der Waals surface area (Å²) in [6.07, 6.45) is -0.906. The fourth-order valence-electron chi connectivity index (χ4n) is 3.76. The number of fused-ring (bicyclic) bond motifs is 1. The van der Waals surface area contributed by atoms with Crippen LogP contribution in [0, 0.1) is 0 Å². The molecule has 0 spiro atoms. The molecule has 188 valence electrons. The van der Waals surface area contributed by atoms with Gasteiger partial charge >= 0.3 is 0 Å². The lowest BCUT2D eigenvalue weighted by Gasteiger charge is -2.22. The summed E-state index contributed by atoms with van der Waals surface area (Å²) in [6, 6.07) is 10.7. The molecule has 2 aromatic carbocycles. The van der Waals surface area contributed by atoms with Gasteiger partial charge < -0.3 is 17.2 Å². The number of hydrogen-bond donors (Lipinski definition) is 9. The molecule has 1 fully saturated rings. The molecule has 1 aliphatic rings. The van der Waals surface area contributed by atoms with E-state index in [9.17, 15) is 16.8 Å². The summed E-state index contributed by atoms with van der Waals surface area (Å²) >= 11 is 0. The molecule has 1 atom stereocenters. The Kier molecular flexibility index (Phi) is 7.02. The second-order valence-electron chi connectivity index (χ2n) is 7.83. The van der Waals surface area contributed by atoms with E-state index in [0.717, 1.165) is 5.39 Å². The highest BCUT2D eigenvalue weighted by molar-refractivity contribution is 7.92.